The van der Waals surface area contributed by atoms with Gasteiger partial charge in [0.1, 0.15) is 5.54 Å². The van der Waals surface area contributed by atoms with Crippen LogP contribution in [0.5, 0.6) is 0 Å². The minimum Gasteiger partial charge on any atom is -0.323 e. The van der Waals surface area contributed by atoms with Gasteiger partial charge in [0.25, 0.3) is 5.91 Å². The minimum atomic E-state index is -1.33. The van der Waals surface area contributed by atoms with Gasteiger partial charge in [-0.3, -0.25) is 15.1 Å². The fourth-order valence-corrected chi connectivity index (χ4v) is 4.61. The Morgan fingerprint density at radius 1 is 1.38 bits per heavy atom. The summed E-state index contributed by atoms with van der Waals surface area (Å²) >= 11 is 5.86. The van der Waals surface area contributed by atoms with E-state index in [0.29, 0.717) is 24.0 Å². The summed E-state index contributed by atoms with van der Waals surface area (Å²) in [5.41, 5.74) is -0.115. The Balaban J connectivity index is 1.56. The third kappa shape index (κ3) is 3.60. The number of amides is 3. The third-order valence-corrected chi connectivity index (χ3v) is 6.43. The molecular weight excluding hydrogens is 352 g/mol. The number of urea groups is 1. The van der Waals surface area contributed by atoms with Crippen molar-refractivity contribution >= 4 is 34.5 Å². The largest absolute Gasteiger partial charge is 0.323 e. The molecule has 3 heterocycles. The quantitative estimate of drug-likeness (QED) is 0.778. The standard InChI is InChI=1S/C15H19ClN4O3S/c1-15(13(21)18-14(22)19-15)9-24(23)20-6-4-10(5-7-20)12-3-2-11(16)8-17-12/h2-3,8,10H,4-7,9H2,1H3,(H2,18,19,21,22)/t15-,24?/m1/s1. The first-order valence-corrected chi connectivity index (χ1v) is 9.41. The molecule has 2 atom stereocenters. The first-order valence-electron chi connectivity index (χ1n) is 7.76. The molecule has 0 aromatic carbocycles. The number of rotatable bonds is 4. The number of pyridine rings is 1. The first kappa shape index (κ1) is 17.3. The van der Waals surface area contributed by atoms with E-state index in [2.05, 4.69) is 15.6 Å². The number of piperidine rings is 1. The molecule has 130 valence electrons. The van der Waals surface area contributed by atoms with Crippen LogP contribution in [0, 0.1) is 0 Å². The molecule has 1 aromatic rings. The zero-order valence-corrected chi connectivity index (χ0v) is 14.8. The van der Waals surface area contributed by atoms with Crippen molar-refractivity contribution in [3.8, 4) is 0 Å². The van der Waals surface area contributed by atoms with Gasteiger partial charge in [-0.15, -0.1) is 0 Å². The highest BCUT2D eigenvalue weighted by molar-refractivity contribution is 7.82. The lowest BCUT2D eigenvalue weighted by molar-refractivity contribution is -0.122. The van der Waals surface area contributed by atoms with Crippen molar-refractivity contribution in [2.75, 3.05) is 18.8 Å². The molecule has 2 saturated heterocycles. The molecule has 1 aromatic heterocycles. The zero-order chi connectivity index (χ0) is 17.3. The molecule has 0 saturated carbocycles. The van der Waals surface area contributed by atoms with Gasteiger partial charge in [-0.25, -0.2) is 13.3 Å². The third-order valence-electron chi connectivity index (χ3n) is 4.44. The monoisotopic (exact) mass is 370 g/mol. The average Bonchev–Trinajstić information content (AvgIpc) is 2.80. The zero-order valence-electron chi connectivity index (χ0n) is 13.3. The van der Waals surface area contributed by atoms with Gasteiger partial charge < -0.3 is 5.32 Å². The molecule has 0 aliphatic carbocycles. The summed E-state index contributed by atoms with van der Waals surface area (Å²) in [6.45, 7) is 2.91. The summed E-state index contributed by atoms with van der Waals surface area (Å²) in [5.74, 6) is -0.0317. The van der Waals surface area contributed by atoms with Crippen molar-refractivity contribution in [3.63, 3.8) is 0 Å². The van der Waals surface area contributed by atoms with Crippen molar-refractivity contribution in [1.82, 2.24) is 19.9 Å². The summed E-state index contributed by atoms with van der Waals surface area (Å²) in [6.07, 6.45) is 3.33. The summed E-state index contributed by atoms with van der Waals surface area (Å²) in [7, 11) is -1.33. The SMILES string of the molecule is C[C@]1(CS(=O)N2CCC(c3ccc(Cl)cn3)CC2)NC(=O)NC1=O. The van der Waals surface area contributed by atoms with Crippen molar-refractivity contribution in [3.05, 3.63) is 29.0 Å². The molecule has 0 spiro atoms. The lowest BCUT2D eigenvalue weighted by atomic mass is 9.94. The van der Waals surface area contributed by atoms with Crippen molar-refractivity contribution in [2.24, 2.45) is 0 Å². The van der Waals surface area contributed by atoms with Gasteiger partial charge in [0, 0.05) is 30.9 Å². The Bertz CT molecular complexity index is 676. The maximum Gasteiger partial charge on any atom is 0.322 e. The molecule has 1 unspecified atom stereocenters. The molecule has 3 amide bonds. The van der Waals surface area contributed by atoms with E-state index in [-0.39, 0.29) is 5.75 Å². The Labute approximate surface area is 147 Å². The molecule has 2 N–H and O–H groups in total. The van der Waals surface area contributed by atoms with Gasteiger partial charge in [-0.2, -0.15) is 0 Å². The van der Waals surface area contributed by atoms with Gasteiger partial charge in [-0.05, 0) is 31.9 Å². The molecule has 0 bridgehead atoms. The molecule has 24 heavy (non-hydrogen) atoms. The van der Waals surface area contributed by atoms with Crippen LogP contribution in [0.1, 0.15) is 31.4 Å². The molecule has 0 radical (unpaired) electrons. The van der Waals surface area contributed by atoms with E-state index in [1.807, 2.05) is 16.4 Å². The van der Waals surface area contributed by atoms with E-state index in [1.54, 1.807) is 13.1 Å². The fraction of sp³-hybridized carbons (Fsp3) is 0.533. The van der Waals surface area contributed by atoms with Gasteiger partial charge >= 0.3 is 6.03 Å². The Morgan fingerprint density at radius 3 is 2.62 bits per heavy atom. The van der Waals surface area contributed by atoms with Crippen LogP contribution in [0.15, 0.2) is 18.3 Å². The Morgan fingerprint density at radius 2 is 2.08 bits per heavy atom. The highest BCUT2D eigenvalue weighted by Gasteiger charge is 2.44. The minimum absolute atomic E-state index is 0.0778. The van der Waals surface area contributed by atoms with Crippen LogP contribution in [0.4, 0.5) is 4.79 Å². The predicted octanol–water partition coefficient (Wildman–Crippen LogP) is 1.18. The van der Waals surface area contributed by atoms with Crippen LogP contribution in [-0.4, -0.2) is 49.8 Å². The summed E-state index contributed by atoms with van der Waals surface area (Å²) in [6, 6.07) is 3.22. The number of aromatic nitrogens is 1. The molecule has 2 aliphatic heterocycles. The van der Waals surface area contributed by atoms with Gasteiger partial charge in [0.2, 0.25) is 0 Å². The Kier molecular flexibility index (Phi) is 4.89. The normalized spacial score (nSPS) is 26.9. The van der Waals surface area contributed by atoms with Crippen LogP contribution in [-0.2, 0) is 15.8 Å². The van der Waals surface area contributed by atoms with E-state index in [0.717, 1.165) is 18.5 Å². The number of halogens is 1. The maximum atomic E-state index is 12.6. The first-order chi connectivity index (χ1) is 11.4. The van der Waals surface area contributed by atoms with Gasteiger partial charge in [0.05, 0.1) is 21.8 Å². The van der Waals surface area contributed by atoms with Crippen LogP contribution in [0.2, 0.25) is 5.02 Å². The fourth-order valence-electron chi connectivity index (χ4n) is 3.00. The molecule has 2 aliphatic rings. The van der Waals surface area contributed by atoms with Crippen LogP contribution >= 0.6 is 11.6 Å². The lowest BCUT2D eigenvalue weighted by Crippen LogP contribution is -2.51. The number of carbonyl (C=O) groups excluding carboxylic acids is 2. The number of nitrogens with one attached hydrogen (secondary N) is 2. The predicted molar refractivity (Wildman–Crippen MR) is 90.9 cm³/mol. The molecule has 2 fully saturated rings. The molecular formula is C15H19ClN4O3S. The van der Waals surface area contributed by atoms with Crippen LogP contribution in [0.3, 0.4) is 0 Å². The molecule has 3 rings (SSSR count). The second-order valence-corrected chi connectivity index (χ2v) is 8.20. The highest BCUT2D eigenvalue weighted by atomic mass is 35.5. The molecule has 7 nitrogen and oxygen atoms in total. The summed E-state index contributed by atoms with van der Waals surface area (Å²) in [5, 5.41) is 5.35. The number of nitrogens with zero attached hydrogens (tertiary/aromatic N) is 2. The van der Waals surface area contributed by atoms with E-state index < -0.39 is 28.5 Å². The van der Waals surface area contributed by atoms with E-state index in [4.69, 9.17) is 11.6 Å². The van der Waals surface area contributed by atoms with E-state index in [9.17, 15) is 13.8 Å². The summed E-state index contributed by atoms with van der Waals surface area (Å²) in [4.78, 5) is 27.5. The van der Waals surface area contributed by atoms with Gasteiger partial charge in [-0.1, -0.05) is 11.6 Å². The van der Waals surface area contributed by atoms with Crippen molar-refractivity contribution < 1.29 is 13.8 Å². The van der Waals surface area contributed by atoms with E-state index >= 15 is 0 Å². The summed E-state index contributed by atoms with van der Waals surface area (Å²) < 4.78 is 14.4. The lowest BCUT2D eigenvalue weighted by Gasteiger charge is -2.32. The van der Waals surface area contributed by atoms with Crippen molar-refractivity contribution in [2.45, 2.75) is 31.2 Å². The second kappa shape index (κ2) is 6.78. The Hall–Kier alpha value is -1.51. The number of hydrogen-bond donors (Lipinski definition) is 2. The smallest absolute Gasteiger partial charge is 0.322 e. The van der Waals surface area contributed by atoms with Gasteiger partial charge in [0.15, 0.2) is 0 Å². The highest BCUT2D eigenvalue weighted by Crippen LogP contribution is 2.28. The van der Waals surface area contributed by atoms with Crippen LogP contribution < -0.4 is 10.6 Å². The second-order valence-electron chi connectivity index (χ2n) is 6.31. The topological polar surface area (TPSA) is 91.4 Å². The van der Waals surface area contributed by atoms with Crippen LogP contribution in [0.25, 0.3) is 0 Å². The number of carbonyl (C=O) groups is 2. The number of imide groups is 1. The molecule has 9 heteroatoms. The number of hydrogen-bond acceptors (Lipinski definition) is 4. The van der Waals surface area contributed by atoms with E-state index in [1.165, 1.54) is 0 Å². The average molecular weight is 371 g/mol. The maximum absolute atomic E-state index is 12.6. The van der Waals surface area contributed by atoms with Crippen molar-refractivity contribution in [1.29, 1.82) is 0 Å².